The molecule has 1 aromatic rings. The number of hydrogen-bond acceptors (Lipinski definition) is 3. The first-order valence-corrected chi connectivity index (χ1v) is 7.84. The van der Waals surface area contributed by atoms with Gasteiger partial charge in [0.2, 0.25) is 0 Å². The van der Waals surface area contributed by atoms with Crippen LogP contribution in [0.3, 0.4) is 0 Å². The summed E-state index contributed by atoms with van der Waals surface area (Å²) in [6, 6.07) is 7.49. The summed E-state index contributed by atoms with van der Waals surface area (Å²) >= 11 is 0. The molecule has 3 nitrogen and oxygen atoms in total. The maximum absolute atomic E-state index is 13.1. The molecule has 0 heterocycles. The summed E-state index contributed by atoms with van der Waals surface area (Å²) in [6.07, 6.45) is 3.70. The Balaban J connectivity index is 2.30. The molecule has 0 spiro atoms. The molecule has 1 fully saturated rings. The van der Waals surface area contributed by atoms with Gasteiger partial charge in [-0.2, -0.15) is 0 Å². The van der Waals surface area contributed by atoms with Crippen LogP contribution in [0, 0.1) is 5.92 Å². The molecule has 0 N–H and O–H groups in total. The molecule has 3 heteroatoms. The van der Waals surface area contributed by atoms with Crippen molar-refractivity contribution in [2.45, 2.75) is 58.2 Å². The van der Waals surface area contributed by atoms with E-state index in [9.17, 15) is 4.79 Å². The molecule has 0 unspecified atom stereocenters. The number of carbonyl (C=O) groups excluding carboxylic acids is 1. The van der Waals surface area contributed by atoms with Gasteiger partial charge in [-0.1, -0.05) is 19.1 Å². The average Bonchev–Trinajstić information content (AvgIpc) is 2.48. The molecule has 0 amide bonds. The van der Waals surface area contributed by atoms with Crippen molar-refractivity contribution in [3.63, 3.8) is 0 Å². The van der Waals surface area contributed by atoms with Crippen LogP contribution in [0.25, 0.3) is 0 Å². The van der Waals surface area contributed by atoms with Crippen LogP contribution in [0.1, 0.15) is 56.8 Å². The Hall–Kier alpha value is -1.35. The largest absolute Gasteiger partial charge is 0.490 e. The van der Waals surface area contributed by atoms with Crippen LogP contribution in [-0.2, 0) is 4.74 Å². The van der Waals surface area contributed by atoms with Crippen molar-refractivity contribution in [3.8, 4) is 5.75 Å². The number of ketones is 1. The topological polar surface area (TPSA) is 35.5 Å². The predicted octanol–water partition coefficient (Wildman–Crippen LogP) is 4.25. The highest BCUT2D eigenvalue weighted by atomic mass is 16.5. The van der Waals surface area contributed by atoms with Crippen molar-refractivity contribution in [3.05, 3.63) is 29.8 Å². The van der Waals surface area contributed by atoms with Crippen LogP contribution in [0.2, 0.25) is 0 Å². The Morgan fingerprint density at radius 3 is 2.43 bits per heavy atom. The fourth-order valence-electron chi connectivity index (χ4n) is 3.01. The van der Waals surface area contributed by atoms with Crippen molar-refractivity contribution in [2.24, 2.45) is 5.92 Å². The minimum atomic E-state index is -0.678. The molecule has 1 aromatic carbocycles. The monoisotopic (exact) mass is 290 g/mol. The van der Waals surface area contributed by atoms with Gasteiger partial charge < -0.3 is 9.47 Å². The van der Waals surface area contributed by atoms with E-state index in [0.29, 0.717) is 17.2 Å². The van der Waals surface area contributed by atoms with Crippen LogP contribution >= 0.6 is 0 Å². The number of hydrogen-bond donors (Lipinski definition) is 0. The van der Waals surface area contributed by atoms with Crippen molar-refractivity contribution < 1.29 is 14.3 Å². The zero-order chi connectivity index (χ0) is 15.5. The van der Waals surface area contributed by atoms with E-state index in [2.05, 4.69) is 6.92 Å². The summed E-state index contributed by atoms with van der Waals surface area (Å²) in [6.45, 7) is 6.17. The first-order valence-electron chi connectivity index (χ1n) is 7.84. The highest BCUT2D eigenvalue weighted by molar-refractivity contribution is 6.04. The second-order valence-electron chi connectivity index (χ2n) is 6.37. The molecule has 116 valence electrons. The summed E-state index contributed by atoms with van der Waals surface area (Å²) in [7, 11) is 1.65. The smallest absolute Gasteiger partial charge is 0.198 e. The molecule has 0 aromatic heterocycles. The number of ether oxygens (including phenoxy) is 2. The van der Waals surface area contributed by atoms with Crippen LogP contribution in [-0.4, -0.2) is 24.6 Å². The molecule has 1 aliphatic rings. The van der Waals surface area contributed by atoms with Crippen LogP contribution in [0.4, 0.5) is 0 Å². The zero-order valence-electron chi connectivity index (χ0n) is 13.5. The number of rotatable bonds is 5. The Morgan fingerprint density at radius 1 is 1.24 bits per heavy atom. The number of para-hydroxylation sites is 1. The minimum absolute atomic E-state index is 0.0452. The quantitative estimate of drug-likeness (QED) is 0.760. The lowest BCUT2D eigenvalue weighted by Crippen LogP contribution is -2.44. The van der Waals surface area contributed by atoms with E-state index in [-0.39, 0.29) is 11.9 Å². The Morgan fingerprint density at radius 2 is 1.86 bits per heavy atom. The number of Topliss-reactive ketones (excluding diaryl/α,β-unsaturated/α-hetero) is 1. The Bertz CT molecular complexity index is 485. The van der Waals surface area contributed by atoms with Gasteiger partial charge in [-0.15, -0.1) is 0 Å². The second-order valence-corrected chi connectivity index (χ2v) is 6.37. The fraction of sp³-hybridized carbons (Fsp3) is 0.611. The highest BCUT2D eigenvalue weighted by Crippen LogP contribution is 2.38. The van der Waals surface area contributed by atoms with Crippen LogP contribution < -0.4 is 4.74 Å². The van der Waals surface area contributed by atoms with Crippen LogP contribution in [0.15, 0.2) is 24.3 Å². The first kappa shape index (κ1) is 16.0. The minimum Gasteiger partial charge on any atom is -0.490 e. The van der Waals surface area contributed by atoms with E-state index >= 15 is 0 Å². The van der Waals surface area contributed by atoms with E-state index < -0.39 is 5.60 Å². The average molecular weight is 290 g/mol. The predicted molar refractivity (Wildman–Crippen MR) is 83.9 cm³/mol. The molecule has 0 saturated heterocycles. The normalized spacial score (nSPS) is 25.9. The summed E-state index contributed by atoms with van der Waals surface area (Å²) in [5.41, 5.74) is -0.0363. The van der Waals surface area contributed by atoms with Gasteiger partial charge in [0.25, 0.3) is 0 Å². The summed E-state index contributed by atoms with van der Waals surface area (Å²) in [4.78, 5) is 13.1. The molecule has 0 radical (unpaired) electrons. The van der Waals surface area contributed by atoms with Gasteiger partial charge in [0.05, 0.1) is 11.7 Å². The molecule has 0 aliphatic heterocycles. The Labute approximate surface area is 127 Å². The fourth-order valence-corrected chi connectivity index (χ4v) is 3.01. The third-order valence-corrected chi connectivity index (χ3v) is 4.38. The van der Waals surface area contributed by atoms with Crippen LogP contribution in [0.5, 0.6) is 5.75 Å². The molecule has 0 atom stereocenters. The molecule has 1 aliphatic carbocycles. The lowest BCUT2D eigenvalue weighted by molar-refractivity contribution is -0.0265. The van der Waals surface area contributed by atoms with Gasteiger partial charge in [0.15, 0.2) is 5.78 Å². The lowest BCUT2D eigenvalue weighted by atomic mass is 9.75. The maximum atomic E-state index is 13.1. The van der Waals surface area contributed by atoms with Gasteiger partial charge in [-0.3, -0.25) is 4.79 Å². The molecular weight excluding hydrogens is 264 g/mol. The molecule has 0 bridgehead atoms. The number of carbonyl (C=O) groups is 1. The van der Waals surface area contributed by atoms with Gasteiger partial charge in [-0.25, -0.2) is 0 Å². The maximum Gasteiger partial charge on any atom is 0.198 e. The first-order chi connectivity index (χ1) is 9.98. The summed E-state index contributed by atoms with van der Waals surface area (Å²) in [5, 5.41) is 0. The number of benzene rings is 1. The van der Waals surface area contributed by atoms with E-state index in [1.54, 1.807) is 7.11 Å². The highest BCUT2D eigenvalue weighted by Gasteiger charge is 2.42. The van der Waals surface area contributed by atoms with Gasteiger partial charge >= 0.3 is 0 Å². The summed E-state index contributed by atoms with van der Waals surface area (Å²) < 4.78 is 11.5. The third-order valence-electron chi connectivity index (χ3n) is 4.38. The molecule has 21 heavy (non-hydrogen) atoms. The lowest BCUT2D eigenvalue weighted by Gasteiger charge is -2.37. The molecule has 2 rings (SSSR count). The van der Waals surface area contributed by atoms with Crippen molar-refractivity contribution in [2.75, 3.05) is 7.11 Å². The standard InChI is InChI=1S/C18H26O3/c1-13(2)21-16-8-6-5-7-15(16)17(19)18(20-4)11-9-14(3)10-12-18/h5-8,13-14H,9-12H2,1-4H3. The number of methoxy groups -OCH3 is 1. The van der Waals surface area contributed by atoms with Crippen molar-refractivity contribution in [1.29, 1.82) is 0 Å². The van der Waals surface area contributed by atoms with E-state index in [4.69, 9.17) is 9.47 Å². The molecular formula is C18H26O3. The van der Waals surface area contributed by atoms with E-state index in [1.165, 1.54) is 0 Å². The third kappa shape index (κ3) is 3.46. The van der Waals surface area contributed by atoms with E-state index in [0.717, 1.165) is 25.7 Å². The molecule has 1 saturated carbocycles. The second kappa shape index (κ2) is 6.61. The van der Waals surface area contributed by atoms with Crippen molar-refractivity contribution in [1.82, 2.24) is 0 Å². The Kier molecular flexibility index (Phi) is 5.04. The van der Waals surface area contributed by atoms with Gasteiger partial charge in [0, 0.05) is 7.11 Å². The van der Waals surface area contributed by atoms with E-state index in [1.807, 2.05) is 38.1 Å². The van der Waals surface area contributed by atoms with Gasteiger partial charge in [0.1, 0.15) is 11.4 Å². The van der Waals surface area contributed by atoms with Gasteiger partial charge in [-0.05, 0) is 57.6 Å². The summed E-state index contributed by atoms with van der Waals surface area (Å²) in [5.74, 6) is 1.39. The SMILES string of the molecule is COC1(C(=O)c2ccccc2OC(C)C)CCC(C)CC1. The van der Waals surface area contributed by atoms with Crippen molar-refractivity contribution >= 4 is 5.78 Å². The zero-order valence-corrected chi connectivity index (χ0v) is 13.5.